The Balaban J connectivity index is 1.19. The average Bonchev–Trinajstić information content (AvgIpc) is 3.87. The maximum atomic E-state index is 9.92. The molecule has 0 aliphatic heterocycles. The van der Waals surface area contributed by atoms with Gasteiger partial charge in [-0.25, -0.2) is 0 Å². The van der Waals surface area contributed by atoms with Gasteiger partial charge in [-0.3, -0.25) is 0 Å². The SMILES string of the molecule is [2H]c1c([2H])c([2H])c2c(c1[2H])c1c([2H])c(-c3ccc4c(c3)c3cc(-c5ccccc5)ccc3n4-c3ccccc3-c3ccccc3)c([2H])c([2H])c1n2-c1ccc(-c2ccccc2)cc1. The highest BCUT2D eigenvalue weighted by Gasteiger charge is 2.18. The van der Waals surface area contributed by atoms with E-state index in [1.54, 1.807) is 4.57 Å². The molecule has 0 spiro atoms. The Bertz CT molecular complexity index is 3620. The first-order valence-electron chi connectivity index (χ1n) is 22.2. The molecule has 0 aliphatic carbocycles. The molecule has 0 bridgehead atoms. The Labute approximate surface area is 335 Å². The lowest BCUT2D eigenvalue weighted by Crippen LogP contribution is -1.97. The molecule has 9 aromatic carbocycles. The van der Waals surface area contributed by atoms with Gasteiger partial charge in [-0.1, -0.05) is 158 Å². The fourth-order valence-electron chi connectivity index (χ4n) is 8.13. The summed E-state index contributed by atoms with van der Waals surface area (Å²) < 4.78 is 68.8. The Hall–Kier alpha value is -7.42. The van der Waals surface area contributed by atoms with E-state index in [1.807, 2.05) is 121 Å². The summed E-state index contributed by atoms with van der Waals surface area (Å²) in [7, 11) is 0. The van der Waals surface area contributed by atoms with Crippen molar-refractivity contribution in [2.45, 2.75) is 0 Å². The van der Waals surface area contributed by atoms with Crippen molar-refractivity contribution in [3.05, 3.63) is 218 Å². The van der Waals surface area contributed by atoms with Crippen LogP contribution in [0.4, 0.5) is 0 Å². The van der Waals surface area contributed by atoms with Crippen molar-refractivity contribution in [2.75, 3.05) is 0 Å². The van der Waals surface area contributed by atoms with E-state index in [2.05, 4.69) is 59.2 Å². The summed E-state index contributed by atoms with van der Waals surface area (Å²) in [5.74, 6) is 0. The molecule has 56 heavy (non-hydrogen) atoms. The van der Waals surface area contributed by atoms with Gasteiger partial charge in [0.25, 0.3) is 0 Å². The molecule has 2 heteroatoms. The lowest BCUT2D eigenvalue weighted by Gasteiger charge is -2.14. The largest absolute Gasteiger partial charge is 0.309 e. The molecule has 0 N–H and O–H groups in total. The van der Waals surface area contributed by atoms with E-state index in [0.29, 0.717) is 11.3 Å². The smallest absolute Gasteiger partial charge is 0.0645 e. The minimum absolute atomic E-state index is 0.0804. The van der Waals surface area contributed by atoms with Gasteiger partial charge in [0, 0.05) is 32.8 Å². The summed E-state index contributed by atoms with van der Waals surface area (Å²) in [4.78, 5) is 0. The molecule has 2 nitrogen and oxygen atoms in total. The standard InChI is InChI=1S/C54H36N2/c1-4-14-37(15-5-1)39-24-29-44(30-25-39)55-51-23-13-11-21-46(51)47-35-42(27-31-52(47)55)43-28-33-54-49(36-43)48-34-41(38-16-6-2-7-17-38)26-32-53(48)56(54)50-22-12-10-20-45(50)40-18-8-3-9-19-40/h1-36H/i11D,13D,21D,23D,27D,31D,35D. The van der Waals surface area contributed by atoms with Gasteiger partial charge in [0.1, 0.15) is 0 Å². The van der Waals surface area contributed by atoms with Crippen LogP contribution in [0.5, 0.6) is 0 Å². The van der Waals surface area contributed by atoms with Gasteiger partial charge in [0.2, 0.25) is 0 Å². The van der Waals surface area contributed by atoms with Gasteiger partial charge in [-0.2, -0.15) is 0 Å². The quantitative estimate of drug-likeness (QED) is 0.162. The molecule has 0 atom stereocenters. The van der Waals surface area contributed by atoms with Crippen LogP contribution in [0.25, 0.3) is 99.5 Å². The zero-order valence-corrected chi connectivity index (χ0v) is 30.1. The second kappa shape index (κ2) is 13.2. The number of rotatable bonds is 6. The van der Waals surface area contributed by atoms with Crippen molar-refractivity contribution < 1.29 is 9.60 Å². The van der Waals surface area contributed by atoms with Crippen molar-refractivity contribution in [1.29, 1.82) is 0 Å². The molecule has 0 amide bonds. The molecule has 11 rings (SSSR count). The van der Waals surface area contributed by atoms with E-state index in [0.717, 1.165) is 60.9 Å². The van der Waals surface area contributed by atoms with Crippen LogP contribution in [0.2, 0.25) is 0 Å². The van der Waals surface area contributed by atoms with E-state index >= 15 is 0 Å². The van der Waals surface area contributed by atoms with Crippen molar-refractivity contribution in [1.82, 2.24) is 9.13 Å². The predicted octanol–water partition coefficient (Wildman–Crippen LogP) is 14.5. The maximum absolute atomic E-state index is 9.92. The summed E-state index contributed by atoms with van der Waals surface area (Å²) in [6.45, 7) is 0. The van der Waals surface area contributed by atoms with E-state index in [4.69, 9.17) is 4.11 Å². The molecule has 262 valence electrons. The Kier molecular flexibility index (Phi) is 6.01. The number of hydrogen-bond donors (Lipinski definition) is 0. The Morgan fingerprint density at radius 3 is 1.52 bits per heavy atom. The second-order valence-electron chi connectivity index (χ2n) is 14.0. The van der Waals surface area contributed by atoms with E-state index in [1.165, 1.54) is 0 Å². The molecular weight excluding hydrogens is 677 g/mol. The summed E-state index contributed by atoms with van der Waals surface area (Å²) in [5, 5.41) is 2.22. The molecule has 0 saturated carbocycles. The lowest BCUT2D eigenvalue weighted by atomic mass is 9.99. The number of para-hydroxylation sites is 2. The highest BCUT2D eigenvalue weighted by atomic mass is 15.0. The van der Waals surface area contributed by atoms with Gasteiger partial charge < -0.3 is 9.13 Å². The normalized spacial score (nSPS) is 13.3. The van der Waals surface area contributed by atoms with Gasteiger partial charge in [-0.05, 0) is 99.5 Å². The van der Waals surface area contributed by atoms with Gasteiger partial charge in [0.05, 0.1) is 37.3 Å². The lowest BCUT2D eigenvalue weighted by molar-refractivity contribution is 1.18. The highest BCUT2D eigenvalue weighted by molar-refractivity contribution is 6.13. The Morgan fingerprint density at radius 2 is 0.839 bits per heavy atom. The zero-order valence-electron chi connectivity index (χ0n) is 37.1. The minimum Gasteiger partial charge on any atom is -0.309 e. The van der Waals surface area contributed by atoms with Gasteiger partial charge >= 0.3 is 0 Å². The number of hydrogen-bond acceptors (Lipinski definition) is 0. The van der Waals surface area contributed by atoms with Gasteiger partial charge in [-0.15, -0.1) is 0 Å². The first-order chi connectivity index (χ1) is 30.7. The number of benzene rings is 9. The monoisotopic (exact) mass is 719 g/mol. The third-order valence-electron chi connectivity index (χ3n) is 10.8. The minimum atomic E-state index is -0.423. The van der Waals surface area contributed by atoms with Crippen LogP contribution in [-0.2, 0) is 0 Å². The third-order valence-corrected chi connectivity index (χ3v) is 10.8. The fourth-order valence-corrected chi connectivity index (χ4v) is 8.13. The van der Waals surface area contributed by atoms with Crippen molar-refractivity contribution >= 4 is 43.6 Å². The van der Waals surface area contributed by atoms with Crippen LogP contribution in [0.3, 0.4) is 0 Å². The molecular formula is C54H36N2. The van der Waals surface area contributed by atoms with Crippen LogP contribution in [0.15, 0.2) is 218 Å². The summed E-state index contributed by atoms with van der Waals surface area (Å²) in [5.41, 5.74) is 10.8. The van der Waals surface area contributed by atoms with Crippen molar-refractivity contribution in [3.63, 3.8) is 0 Å². The first kappa shape index (κ1) is 25.6. The summed E-state index contributed by atoms with van der Waals surface area (Å²) in [6.07, 6.45) is 0. The molecule has 0 radical (unpaired) electrons. The van der Waals surface area contributed by atoms with E-state index in [9.17, 15) is 5.48 Å². The zero-order chi connectivity index (χ0) is 43.1. The van der Waals surface area contributed by atoms with Crippen LogP contribution < -0.4 is 0 Å². The van der Waals surface area contributed by atoms with Crippen LogP contribution in [0, 0.1) is 0 Å². The summed E-state index contributed by atoms with van der Waals surface area (Å²) >= 11 is 0. The molecule has 0 aliphatic rings. The highest BCUT2D eigenvalue weighted by Crippen LogP contribution is 2.41. The van der Waals surface area contributed by atoms with E-state index in [-0.39, 0.29) is 57.6 Å². The number of nitrogens with zero attached hydrogens (tertiary/aromatic N) is 2. The fraction of sp³-hybridized carbons (Fsp3) is 0. The molecule has 0 fully saturated rings. The second-order valence-corrected chi connectivity index (χ2v) is 14.0. The first-order valence-corrected chi connectivity index (χ1v) is 18.7. The van der Waals surface area contributed by atoms with Crippen LogP contribution in [-0.4, -0.2) is 9.13 Å². The summed E-state index contributed by atoms with van der Waals surface area (Å²) in [6, 6.07) is 56.9. The molecule has 0 unspecified atom stereocenters. The molecule has 2 aromatic heterocycles. The Morgan fingerprint density at radius 1 is 0.321 bits per heavy atom. The van der Waals surface area contributed by atoms with E-state index < -0.39 is 12.1 Å². The van der Waals surface area contributed by atoms with Crippen molar-refractivity contribution in [3.8, 4) is 55.9 Å². The van der Waals surface area contributed by atoms with Crippen molar-refractivity contribution in [2.24, 2.45) is 0 Å². The number of aromatic nitrogens is 2. The van der Waals surface area contributed by atoms with Gasteiger partial charge in [0.15, 0.2) is 0 Å². The third kappa shape index (κ3) is 5.26. The number of fused-ring (bicyclic) bond motifs is 6. The maximum Gasteiger partial charge on any atom is 0.0645 e. The molecule has 11 aromatic rings. The topological polar surface area (TPSA) is 9.86 Å². The predicted molar refractivity (Wildman–Crippen MR) is 237 cm³/mol. The average molecular weight is 720 g/mol. The molecule has 2 heterocycles. The molecule has 0 saturated heterocycles. The van der Waals surface area contributed by atoms with Crippen LogP contribution in [0.1, 0.15) is 9.60 Å². The van der Waals surface area contributed by atoms with Crippen LogP contribution >= 0.6 is 0 Å².